The first-order chi connectivity index (χ1) is 8.31. The number of hydrogen-bond donors (Lipinski definition) is 3. The van der Waals surface area contributed by atoms with Crippen molar-refractivity contribution in [3.63, 3.8) is 0 Å². The van der Waals surface area contributed by atoms with E-state index in [1.807, 2.05) is 0 Å². The van der Waals surface area contributed by atoms with E-state index in [9.17, 15) is 0 Å². The van der Waals surface area contributed by atoms with Gasteiger partial charge in [-0.15, -0.1) is 0 Å². The Hall–Kier alpha value is -0.870. The quantitative estimate of drug-likeness (QED) is 0.717. The molecule has 1 aromatic heterocycles. The van der Waals surface area contributed by atoms with Crippen LogP contribution >= 0.6 is 0 Å². The van der Waals surface area contributed by atoms with Crippen LogP contribution in [0.25, 0.3) is 0 Å². The third kappa shape index (κ3) is 2.38. The van der Waals surface area contributed by atoms with Gasteiger partial charge in [-0.3, -0.25) is 0 Å². The third-order valence-corrected chi connectivity index (χ3v) is 4.41. The lowest BCUT2D eigenvalue weighted by atomic mass is 10.0. The fourth-order valence-corrected chi connectivity index (χ4v) is 2.72. The largest absolute Gasteiger partial charge is 0.347 e. The predicted octanol–water partition coefficient (Wildman–Crippen LogP) is 1.20. The molecule has 4 heteroatoms. The summed E-state index contributed by atoms with van der Waals surface area (Å²) in [6.45, 7) is 5.49. The molecule has 0 saturated heterocycles. The van der Waals surface area contributed by atoms with Gasteiger partial charge in [-0.05, 0) is 24.7 Å². The van der Waals surface area contributed by atoms with Gasteiger partial charge < -0.3 is 15.6 Å². The monoisotopic (exact) mass is 234 g/mol. The van der Waals surface area contributed by atoms with Gasteiger partial charge in [0, 0.05) is 32.1 Å². The minimum absolute atomic E-state index is 0.540. The lowest BCUT2D eigenvalue weighted by Gasteiger charge is -2.24. The molecule has 0 aromatic carbocycles. The zero-order valence-corrected chi connectivity index (χ0v) is 10.6. The van der Waals surface area contributed by atoms with E-state index in [-0.39, 0.29) is 0 Å². The van der Waals surface area contributed by atoms with Crippen molar-refractivity contribution in [2.45, 2.75) is 45.2 Å². The van der Waals surface area contributed by atoms with E-state index in [1.54, 1.807) is 6.33 Å². The van der Waals surface area contributed by atoms with Crippen molar-refractivity contribution in [3.8, 4) is 0 Å². The number of rotatable bonds is 5. The van der Waals surface area contributed by atoms with Crippen LogP contribution in [-0.2, 0) is 13.0 Å². The Bertz CT molecular complexity index is 381. The molecule has 1 unspecified atom stereocenters. The molecule has 1 aliphatic carbocycles. The standard InChI is InChI=1S/C13H22N4/c1-2-13(3-4-13)8-14-6-10-5-11-12(7-15-10)17-9-16-11/h9-10,14-15H,2-8H2,1H3,(H,16,17). The summed E-state index contributed by atoms with van der Waals surface area (Å²) in [6.07, 6.45) is 7.00. The van der Waals surface area contributed by atoms with E-state index >= 15 is 0 Å². The number of aromatic amines is 1. The first kappa shape index (κ1) is 11.2. The summed E-state index contributed by atoms with van der Waals surface area (Å²) in [7, 11) is 0. The van der Waals surface area contributed by atoms with Crippen LogP contribution in [0, 0.1) is 5.41 Å². The number of aromatic nitrogens is 2. The second-order valence-corrected chi connectivity index (χ2v) is 5.59. The van der Waals surface area contributed by atoms with Crippen LogP contribution < -0.4 is 10.6 Å². The molecule has 2 aliphatic rings. The van der Waals surface area contributed by atoms with Crippen molar-refractivity contribution in [2.24, 2.45) is 5.41 Å². The molecular formula is C13H22N4. The Morgan fingerprint density at radius 2 is 2.41 bits per heavy atom. The molecule has 3 rings (SSSR count). The molecule has 1 aromatic rings. The topological polar surface area (TPSA) is 52.7 Å². The van der Waals surface area contributed by atoms with Gasteiger partial charge >= 0.3 is 0 Å². The summed E-state index contributed by atoms with van der Waals surface area (Å²) < 4.78 is 0. The molecule has 17 heavy (non-hydrogen) atoms. The lowest BCUT2D eigenvalue weighted by Crippen LogP contribution is -2.44. The maximum Gasteiger partial charge on any atom is 0.0925 e. The van der Waals surface area contributed by atoms with E-state index in [2.05, 4.69) is 27.5 Å². The first-order valence-electron chi connectivity index (χ1n) is 6.76. The van der Waals surface area contributed by atoms with Gasteiger partial charge in [-0.1, -0.05) is 6.92 Å². The van der Waals surface area contributed by atoms with E-state index in [0.29, 0.717) is 11.5 Å². The predicted molar refractivity (Wildman–Crippen MR) is 67.7 cm³/mol. The van der Waals surface area contributed by atoms with E-state index in [0.717, 1.165) is 19.5 Å². The van der Waals surface area contributed by atoms with Gasteiger partial charge in [0.15, 0.2) is 0 Å². The van der Waals surface area contributed by atoms with Gasteiger partial charge in [0.1, 0.15) is 0 Å². The van der Waals surface area contributed by atoms with Crippen molar-refractivity contribution >= 4 is 0 Å². The van der Waals surface area contributed by atoms with Crippen molar-refractivity contribution in [1.29, 1.82) is 0 Å². The third-order valence-electron chi connectivity index (χ3n) is 4.41. The van der Waals surface area contributed by atoms with Gasteiger partial charge in [0.2, 0.25) is 0 Å². The highest BCUT2D eigenvalue weighted by molar-refractivity contribution is 5.16. The van der Waals surface area contributed by atoms with Crippen LogP contribution in [0.4, 0.5) is 0 Å². The van der Waals surface area contributed by atoms with Crippen molar-refractivity contribution < 1.29 is 0 Å². The highest BCUT2D eigenvalue weighted by atomic mass is 15.0. The summed E-state index contributed by atoms with van der Waals surface area (Å²) in [6, 6.07) is 0.540. The average molecular weight is 234 g/mol. The van der Waals surface area contributed by atoms with Crippen molar-refractivity contribution in [3.05, 3.63) is 17.7 Å². The maximum atomic E-state index is 4.37. The molecule has 2 heterocycles. The Morgan fingerprint density at radius 1 is 1.53 bits per heavy atom. The van der Waals surface area contributed by atoms with E-state index in [4.69, 9.17) is 0 Å². The zero-order chi connectivity index (χ0) is 11.7. The number of nitrogens with one attached hydrogen (secondary N) is 3. The fraction of sp³-hybridized carbons (Fsp3) is 0.769. The number of imidazole rings is 1. The highest BCUT2D eigenvalue weighted by Gasteiger charge is 2.40. The summed E-state index contributed by atoms with van der Waals surface area (Å²) in [5.41, 5.74) is 3.15. The summed E-state index contributed by atoms with van der Waals surface area (Å²) >= 11 is 0. The molecule has 3 N–H and O–H groups in total. The molecule has 1 saturated carbocycles. The fourth-order valence-electron chi connectivity index (χ4n) is 2.72. The summed E-state index contributed by atoms with van der Waals surface area (Å²) in [5, 5.41) is 7.18. The second kappa shape index (κ2) is 4.42. The van der Waals surface area contributed by atoms with Gasteiger partial charge in [-0.2, -0.15) is 0 Å². The van der Waals surface area contributed by atoms with Gasteiger partial charge in [0.05, 0.1) is 17.7 Å². The van der Waals surface area contributed by atoms with E-state index < -0.39 is 0 Å². The molecule has 0 radical (unpaired) electrons. The minimum Gasteiger partial charge on any atom is -0.347 e. The number of hydrogen-bond acceptors (Lipinski definition) is 3. The summed E-state index contributed by atoms with van der Waals surface area (Å²) in [4.78, 5) is 7.55. The molecule has 4 nitrogen and oxygen atoms in total. The van der Waals surface area contributed by atoms with Crippen LogP contribution in [0.1, 0.15) is 37.6 Å². The van der Waals surface area contributed by atoms with Crippen molar-refractivity contribution in [2.75, 3.05) is 13.1 Å². The van der Waals surface area contributed by atoms with Gasteiger partial charge in [-0.25, -0.2) is 4.98 Å². The SMILES string of the molecule is CCC1(CNCC2Cc3nc[nH]c3CN2)CC1. The highest BCUT2D eigenvalue weighted by Crippen LogP contribution is 2.47. The van der Waals surface area contributed by atoms with Crippen LogP contribution in [0.3, 0.4) is 0 Å². The number of fused-ring (bicyclic) bond motifs is 1. The number of H-pyrrole nitrogens is 1. The maximum absolute atomic E-state index is 4.37. The smallest absolute Gasteiger partial charge is 0.0925 e. The van der Waals surface area contributed by atoms with Crippen molar-refractivity contribution in [1.82, 2.24) is 20.6 Å². The van der Waals surface area contributed by atoms with Gasteiger partial charge in [0.25, 0.3) is 0 Å². The van der Waals surface area contributed by atoms with Crippen LogP contribution in [0.2, 0.25) is 0 Å². The van der Waals surface area contributed by atoms with Crippen LogP contribution in [-0.4, -0.2) is 29.1 Å². The Kier molecular flexibility index (Phi) is 2.92. The molecule has 1 atom stereocenters. The molecule has 1 aliphatic heterocycles. The first-order valence-corrected chi connectivity index (χ1v) is 6.76. The molecule has 0 amide bonds. The Balaban J connectivity index is 1.45. The molecule has 0 bridgehead atoms. The number of nitrogens with zero attached hydrogens (tertiary/aromatic N) is 1. The second-order valence-electron chi connectivity index (χ2n) is 5.59. The lowest BCUT2D eigenvalue weighted by molar-refractivity contribution is 0.394. The van der Waals surface area contributed by atoms with E-state index in [1.165, 1.54) is 37.2 Å². The van der Waals surface area contributed by atoms with Crippen LogP contribution in [0.15, 0.2) is 6.33 Å². The normalized spacial score (nSPS) is 25.6. The average Bonchev–Trinajstić information content (AvgIpc) is 2.98. The Morgan fingerprint density at radius 3 is 3.18 bits per heavy atom. The molecule has 0 spiro atoms. The van der Waals surface area contributed by atoms with Crippen LogP contribution in [0.5, 0.6) is 0 Å². The Labute approximate surface area is 103 Å². The minimum atomic E-state index is 0.540. The molecule has 94 valence electrons. The molecular weight excluding hydrogens is 212 g/mol. The summed E-state index contributed by atoms with van der Waals surface area (Å²) in [5.74, 6) is 0. The molecule has 1 fully saturated rings. The zero-order valence-electron chi connectivity index (χ0n) is 10.6.